The molecule has 116 valence electrons. The van der Waals surface area contributed by atoms with Crippen LogP contribution in [0.3, 0.4) is 0 Å². The molecule has 5 nitrogen and oxygen atoms in total. The van der Waals surface area contributed by atoms with Gasteiger partial charge in [-0.25, -0.2) is 12.7 Å². The number of nitrogens with zero attached hydrogens (tertiary/aromatic N) is 1. The molecule has 0 spiro atoms. The first kappa shape index (κ1) is 16.0. The smallest absolute Gasteiger partial charge is 0.211 e. The molecule has 0 amide bonds. The molecule has 1 aromatic carbocycles. The molecule has 21 heavy (non-hydrogen) atoms. The third-order valence-corrected chi connectivity index (χ3v) is 4.96. The summed E-state index contributed by atoms with van der Waals surface area (Å²) in [5.74, 6) is 0.696. The molecule has 1 atom stereocenters. The van der Waals surface area contributed by atoms with Crippen molar-refractivity contribution in [1.82, 2.24) is 4.31 Å². The van der Waals surface area contributed by atoms with Crippen molar-refractivity contribution in [3.8, 4) is 5.75 Å². The van der Waals surface area contributed by atoms with Crippen LogP contribution in [-0.4, -0.2) is 44.5 Å². The maximum Gasteiger partial charge on any atom is 0.211 e. The molecule has 0 saturated carbocycles. The first-order valence-corrected chi connectivity index (χ1v) is 8.90. The Morgan fingerprint density at radius 1 is 1.38 bits per heavy atom. The van der Waals surface area contributed by atoms with Crippen molar-refractivity contribution in [3.63, 3.8) is 0 Å². The van der Waals surface area contributed by atoms with Crippen LogP contribution < -0.4 is 4.74 Å². The third kappa shape index (κ3) is 4.28. The molecule has 6 heteroatoms. The molecule has 1 saturated heterocycles. The second-order valence-corrected chi connectivity index (χ2v) is 7.48. The monoisotopic (exact) mass is 311 g/mol. The maximum atomic E-state index is 11.6. The predicted molar refractivity (Wildman–Crippen MR) is 81.1 cm³/mol. The van der Waals surface area contributed by atoms with Gasteiger partial charge in [0.25, 0.3) is 0 Å². The average molecular weight is 311 g/mol. The first-order chi connectivity index (χ1) is 9.88. The number of rotatable bonds is 5. The fourth-order valence-electron chi connectivity index (χ4n) is 2.56. The number of sulfonamides is 1. The Balaban J connectivity index is 1.99. The van der Waals surface area contributed by atoms with Gasteiger partial charge in [-0.2, -0.15) is 0 Å². The van der Waals surface area contributed by atoms with Gasteiger partial charge in [-0.1, -0.05) is 12.1 Å². The second-order valence-electron chi connectivity index (χ2n) is 5.49. The molecule has 0 radical (unpaired) electrons. The lowest BCUT2D eigenvalue weighted by molar-refractivity contribution is 0.101. The Morgan fingerprint density at radius 2 is 2.10 bits per heavy atom. The van der Waals surface area contributed by atoms with E-state index in [1.807, 2.05) is 6.07 Å². The van der Waals surface area contributed by atoms with Crippen LogP contribution in [0.25, 0.3) is 0 Å². The lowest BCUT2D eigenvalue weighted by Gasteiger charge is -2.30. The summed E-state index contributed by atoms with van der Waals surface area (Å²) in [7, 11) is -3.14. The molecule has 0 bridgehead atoms. The van der Waals surface area contributed by atoms with E-state index in [2.05, 4.69) is 0 Å². The summed E-state index contributed by atoms with van der Waals surface area (Å²) in [6.07, 6.45) is 3.02. The fourth-order valence-corrected chi connectivity index (χ4v) is 3.50. The van der Waals surface area contributed by atoms with Crippen molar-refractivity contribution in [1.29, 1.82) is 0 Å². The van der Waals surface area contributed by atoms with Gasteiger partial charge in [-0.3, -0.25) is 4.79 Å². The summed E-state index contributed by atoms with van der Waals surface area (Å²) in [6.45, 7) is 3.00. The maximum absolute atomic E-state index is 11.6. The zero-order valence-corrected chi connectivity index (χ0v) is 13.2. The second kappa shape index (κ2) is 6.58. The molecule has 1 aromatic rings. The molecule has 1 aliphatic heterocycles. The summed E-state index contributed by atoms with van der Waals surface area (Å²) in [5.41, 5.74) is 0.563. The highest BCUT2D eigenvalue weighted by atomic mass is 32.2. The number of benzene rings is 1. The number of carbonyl (C=O) groups excluding carboxylic acids is 1. The van der Waals surface area contributed by atoms with Crippen LogP contribution in [0.5, 0.6) is 5.75 Å². The number of hydrogen-bond donors (Lipinski definition) is 0. The zero-order valence-electron chi connectivity index (χ0n) is 12.4. The van der Waals surface area contributed by atoms with E-state index in [9.17, 15) is 13.2 Å². The number of Topliss-reactive ketones (excluding diaryl/α,β-unsaturated/α-hetero) is 1. The van der Waals surface area contributed by atoms with Crippen LogP contribution in [-0.2, 0) is 10.0 Å². The van der Waals surface area contributed by atoms with Gasteiger partial charge in [0.05, 0.1) is 18.4 Å². The summed E-state index contributed by atoms with van der Waals surface area (Å²) in [5, 5.41) is 0. The predicted octanol–water partition coefficient (Wildman–Crippen LogP) is 1.94. The van der Waals surface area contributed by atoms with E-state index in [0.717, 1.165) is 12.8 Å². The number of hydrogen-bond acceptors (Lipinski definition) is 4. The molecular formula is C15H21NO4S. The van der Waals surface area contributed by atoms with Gasteiger partial charge >= 0.3 is 0 Å². The average Bonchev–Trinajstić information content (AvgIpc) is 2.45. The molecular weight excluding hydrogens is 290 g/mol. The number of carbonyl (C=O) groups is 1. The van der Waals surface area contributed by atoms with Gasteiger partial charge in [-0.05, 0) is 31.9 Å². The molecule has 1 unspecified atom stereocenters. The van der Waals surface area contributed by atoms with E-state index in [1.165, 1.54) is 17.5 Å². The fraction of sp³-hybridized carbons (Fsp3) is 0.533. The molecule has 0 aromatic heterocycles. The number of ether oxygens (including phenoxy) is 1. The minimum atomic E-state index is -3.14. The highest BCUT2D eigenvalue weighted by Crippen LogP contribution is 2.23. The van der Waals surface area contributed by atoms with E-state index >= 15 is 0 Å². The first-order valence-electron chi connectivity index (χ1n) is 7.06. The van der Waals surface area contributed by atoms with Crippen LogP contribution in [0, 0.1) is 5.92 Å². The minimum absolute atomic E-state index is 0.0352. The SMILES string of the molecule is CC(=O)c1ccccc1OCC1CCCN(S(C)(=O)=O)C1. The Bertz CT molecular complexity index is 612. The van der Waals surface area contributed by atoms with E-state index in [4.69, 9.17) is 4.74 Å². The van der Waals surface area contributed by atoms with Crippen LogP contribution in [0.4, 0.5) is 0 Å². The Labute approximate surface area is 126 Å². The zero-order chi connectivity index (χ0) is 15.5. The molecule has 1 aliphatic rings. The summed E-state index contributed by atoms with van der Waals surface area (Å²) in [4.78, 5) is 11.5. The molecule has 0 N–H and O–H groups in total. The minimum Gasteiger partial charge on any atom is -0.492 e. The Kier molecular flexibility index (Phi) is 5.00. The summed E-state index contributed by atoms with van der Waals surface area (Å²) >= 11 is 0. The molecule has 0 aliphatic carbocycles. The van der Waals surface area contributed by atoms with E-state index < -0.39 is 10.0 Å². The van der Waals surface area contributed by atoms with Crippen molar-refractivity contribution in [2.45, 2.75) is 19.8 Å². The van der Waals surface area contributed by atoms with Gasteiger partial charge in [0.1, 0.15) is 5.75 Å². The van der Waals surface area contributed by atoms with Crippen molar-refractivity contribution in [2.24, 2.45) is 5.92 Å². The van der Waals surface area contributed by atoms with E-state index in [0.29, 0.717) is 31.0 Å². The van der Waals surface area contributed by atoms with Crippen molar-refractivity contribution in [3.05, 3.63) is 29.8 Å². The number of ketones is 1. The molecule has 1 fully saturated rings. The van der Waals surface area contributed by atoms with Gasteiger partial charge in [0, 0.05) is 19.0 Å². The quantitative estimate of drug-likeness (QED) is 0.780. The molecule has 2 rings (SSSR count). The van der Waals surface area contributed by atoms with Crippen LogP contribution in [0.2, 0.25) is 0 Å². The Hall–Kier alpha value is -1.40. The van der Waals surface area contributed by atoms with Gasteiger partial charge in [-0.15, -0.1) is 0 Å². The van der Waals surface area contributed by atoms with Crippen LogP contribution in [0.15, 0.2) is 24.3 Å². The number of para-hydroxylation sites is 1. The van der Waals surface area contributed by atoms with Crippen molar-refractivity contribution >= 4 is 15.8 Å². The lowest BCUT2D eigenvalue weighted by atomic mass is 10.0. The van der Waals surface area contributed by atoms with Gasteiger partial charge in [0.15, 0.2) is 5.78 Å². The van der Waals surface area contributed by atoms with Gasteiger partial charge < -0.3 is 4.74 Å². The van der Waals surface area contributed by atoms with E-state index in [1.54, 1.807) is 18.2 Å². The summed E-state index contributed by atoms with van der Waals surface area (Å²) < 4.78 is 30.4. The Morgan fingerprint density at radius 3 is 2.76 bits per heavy atom. The van der Waals surface area contributed by atoms with Crippen molar-refractivity contribution < 1.29 is 17.9 Å². The standard InChI is InChI=1S/C15H21NO4S/c1-12(17)14-7-3-4-8-15(14)20-11-13-6-5-9-16(10-13)21(2,18)19/h3-4,7-8,13H,5-6,9-11H2,1-2H3. The summed E-state index contributed by atoms with van der Waals surface area (Å²) in [6, 6.07) is 7.14. The largest absolute Gasteiger partial charge is 0.492 e. The van der Waals surface area contributed by atoms with E-state index in [-0.39, 0.29) is 11.7 Å². The van der Waals surface area contributed by atoms with Gasteiger partial charge in [0.2, 0.25) is 10.0 Å². The third-order valence-electron chi connectivity index (χ3n) is 3.69. The highest BCUT2D eigenvalue weighted by molar-refractivity contribution is 7.88. The normalized spacial score (nSPS) is 20.2. The van der Waals surface area contributed by atoms with Crippen molar-refractivity contribution in [2.75, 3.05) is 26.0 Å². The lowest BCUT2D eigenvalue weighted by Crippen LogP contribution is -2.41. The molecule has 1 heterocycles. The van der Waals surface area contributed by atoms with Crippen LogP contribution >= 0.6 is 0 Å². The topological polar surface area (TPSA) is 63.7 Å². The van der Waals surface area contributed by atoms with Crippen LogP contribution in [0.1, 0.15) is 30.1 Å². The highest BCUT2D eigenvalue weighted by Gasteiger charge is 2.26. The number of piperidine rings is 1.